The number of carbonyl (C=O) groups is 1. The minimum absolute atomic E-state index is 0.00238. The molecule has 1 aliphatic rings. The van der Waals surface area contributed by atoms with Gasteiger partial charge in [0.2, 0.25) is 0 Å². The van der Waals surface area contributed by atoms with Gasteiger partial charge in [-0.15, -0.1) is 0 Å². The number of nitrogens with zero attached hydrogens (tertiary/aromatic N) is 2. The summed E-state index contributed by atoms with van der Waals surface area (Å²) in [4.78, 5) is 14.7. The lowest BCUT2D eigenvalue weighted by atomic mass is 10.1. The van der Waals surface area contributed by atoms with Gasteiger partial charge in [-0.25, -0.2) is 0 Å². The lowest BCUT2D eigenvalue weighted by molar-refractivity contribution is -0.137. The molecule has 1 aromatic carbocycles. The predicted molar refractivity (Wildman–Crippen MR) is 94.3 cm³/mol. The summed E-state index contributed by atoms with van der Waals surface area (Å²) in [6.07, 6.45) is -2.55. The summed E-state index contributed by atoms with van der Waals surface area (Å²) < 4.78 is 46.0. The maximum absolute atomic E-state index is 12.9. The first-order valence-corrected chi connectivity index (χ1v) is 8.75. The van der Waals surface area contributed by atoms with Gasteiger partial charge in [-0.1, -0.05) is 6.07 Å². The molecule has 146 valence electrons. The van der Waals surface area contributed by atoms with E-state index >= 15 is 0 Å². The number of aryl methyl sites for hydroxylation is 1. The van der Waals surface area contributed by atoms with Crippen molar-refractivity contribution < 1.29 is 22.7 Å². The topological polar surface area (TPSA) is 46.5 Å². The fourth-order valence-corrected chi connectivity index (χ4v) is 3.26. The molecule has 3 rings (SSSR count). The van der Waals surface area contributed by atoms with E-state index in [1.54, 1.807) is 0 Å². The van der Waals surface area contributed by atoms with Crippen molar-refractivity contribution in [2.45, 2.75) is 12.2 Å². The van der Waals surface area contributed by atoms with Crippen molar-refractivity contribution in [2.75, 3.05) is 32.8 Å². The van der Waals surface area contributed by atoms with E-state index in [0.717, 1.165) is 30.9 Å². The van der Waals surface area contributed by atoms with Gasteiger partial charge in [0.15, 0.2) is 0 Å². The molecule has 1 aliphatic heterocycles. The SMILES string of the molecule is Cn1cccc1[C@H](CNC(=O)c1cccc(C(F)(F)F)c1)N1CCOCC1. The lowest BCUT2D eigenvalue weighted by Crippen LogP contribution is -2.44. The molecule has 27 heavy (non-hydrogen) atoms. The Bertz CT molecular complexity index is 783. The van der Waals surface area contributed by atoms with Crippen LogP contribution in [0.2, 0.25) is 0 Å². The van der Waals surface area contributed by atoms with Crippen LogP contribution in [0, 0.1) is 0 Å². The van der Waals surface area contributed by atoms with E-state index in [1.165, 1.54) is 12.1 Å². The van der Waals surface area contributed by atoms with Gasteiger partial charge in [0, 0.05) is 44.1 Å². The van der Waals surface area contributed by atoms with Gasteiger partial charge in [0.25, 0.3) is 5.91 Å². The van der Waals surface area contributed by atoms with Crippen LogP contribution in [-0.2, 0) is 18.0 Å². The maximum Gasteiger partial charge on any atom is 0.416 e. The third-order valence-corrected chi connectivity index (χ3v) is 4.72. The van der Waals surface area contributed by atoms with E-state index in [-0.39, 0.29) is 11.6 Å². The summed E-state index contributed by atoms with van der Waals surface area (Å²) in [6, 6.07) is 8.29. The number of morpholine rings is 1. The second kappa shape index (κ2) is 8.14. The molecule has 0 unspecified atom stereocenters. The lowest BCUT2D eigenvalue weighted by Gasteiger charge is -2.35. The van der Waals surface area contributed by atoms with Crippen LogP contribution in [-0.4, -0.2) is 48.2 Å². The normalized spacial score (nSPS) is 16.9. The average Bonchev–Trinajstić information content (AvgIpc) is 3.08. The first-order chi connectivity index (χ1) is 12.9. The number of amides is 1. The Morgan fingerprint density at radius 1 is 1.22 bits per heavy atom. The van der Waals surface area contributed by atoms with Crippen molar-refractivity contribution in [3.8, 4) is 0 Å². The van der Waals surface area contributed by atoms with Gasteiger partial charge in [-0.3, -0.25) is 9.69 Å². The Labute approximate surface area is 155 Å². The van der Waals surface area contributed by atoms with Crippen LogP contribution in [0.3, 0.4) is 0 Å². The van der Waals surface area contributed by atoms with Crippen LogP contribution in [0.4, 0.5) is 13.2 Å². The van der Waals surface area contributed by atoms with Crippen LogP contribution < -0.4 is 5.32 Å². The quantitative estimate of drug-likeness (QED) is 0.867. The molecular weight excluding hydrogens is 359 g/mol. The van der Waals surface area contributed by atoms with Crippen molar-refractivity contribution >= 4 is 5.91 Å². The number of aromatic nitrogens is 1. The smallest absolute Gasteiger partial charge is 0.379 e. The van der Waals surface area contributed by atoms with Crippen molar-refractivity contribution in [1.29, 1.82) is 0 Å². The van der Waals surface area contributed by atoms with Crippen molar-refractivity contribution in [3.05, 3.63) is 59.4 Å². The van der Waals surface area contributed by atoms with Crippen LogP contribution in [0.1, 0.15) is 27.7 Å². The molecule has 1 aromatic heterocycles. The van der Waals surface area contributed by atoms with E-state index in [0.29, 0.717) is 19.8 Å². The monoisotopic (exact) mass is 381 g/mol. The number of nitrogens with one attached hydrogen (secondary N) is 1. The summed E-state index contributed by atoms with van der Waals surface area (Å²) in [5, 5.41) is 2.79. The second-order valence-corrected chi connectivity index (χ2v) is 6.50. The third-order valence-electron chi connectivity index (χ3n) is 4.72. The number of hydrogen-bond acceptors (Lipinski definition) is 3. The average molecular weight is 381 g/mol. The summed E-state index contributed by atoms with van der Waals surface area (Å²) >= 11 is 0. The zero-order valence-corrected chi connectivity index (χ0v) is 15.0. The molecule has 0 radical (unpaired) electrons. The Hall–Kier alpha value is -2.32. The van der Waals surface area contributed by atoms with Crippen LogP contribution in [0.25, 0.3) is 0 Å². The molecular formula is C19H22F3N3O2. The first kappa shape index (κ1) is 19.4. The number of benzene rings is 1. The number of rotatable bonds is 5. The van der Waals surface area contributed by atoms with Gasteiger partial charge in [-0.05, 0) is 30.3 Å². The molecule has 8 heteroatoms. The van der Waals surface area contributed by atoms with Gasteiger partial charge >= 0.3 is 6.18 Å². The number of carbonyl (C=O) groups excluding carboxylic acids is 1. The van der Waals surface area contributed by atoms with E-state index in [9.17, 15) is 18.0 Å². The minimum Gasteiger partial charge on any atom is -0.379 e. The Morgan fingerprint density at radius 3 is 2.59 bits per heavy atom. The fraction of sp³-hybridized carbons (Fsp3) is 0.421. The molecule has 1 N–H and O–H groups in total. The van der Waals surface area contributed by atoms with Crippen molar-refractivity contribution in [3.63, 3.8) is 0 Å². The minimum atomic E-state index is -4.48. The second-order valence-electron chi connectivity index (χ2n) is 6.50. The van der Waals surface area contributed by atoms with Crippen molar-refractivity contribution in [2.24, 2.45) is 7.05 Å². The predicted octanol–water partition coefficient (Wildman–Crippen LogP) is 2.85. The van der Waals surface area contributed by atoms with Crippen LogP contribution in [0.5, 0.6) is 0 Å². The highest BCUT2D eigenvalue weighted by molar-refractivity contribution is 5.94. The van der Waals surface area contributed by atoms with E-state index in [1.807, 2.05) is 29.9 Å². The molecule has 2 heterocycles. The Balaban J connectivity index is 1.73. The van der Waals surface area contributed by atoms with Gasteiger partial charge in [0.05, 0.1) is 24.8 Å². The molecule has 0 saturated carbocycles. The molecule has 0 bridgehead atoms. The van der Waals surface area contributed by atoms with Crippen molar-refractivity contribution in [1.82, 2.24) is 14.8 Å². The molecule has 2 aromatic rings. The van der Waals surface area contributed by atoms with Crippen LogP contribution >= 0.6 is 0 Å². The van der Waals surface area contributed by atoms with Gasteiger partial charge < -0.3 is 14.6 Å². The fourth-order valence-electron chi connectivity index (χ4n) is 3.26. The summed E-state index contributed by atoms with van der Waals surface area (Å²) in [6.45, 7) is 2.99. The van der Waals surface area contributed by atoms with E-state index in [2.05, 4.69) is 10.2 Å². The highest BCUT2D eigenvalue weighted by Gasteiger charge is 2.31. The highest BCUT2D eigenvalue weighted by Crippen LogP contribution is 2.29. The molecule has 0 spiro atoms. The maximum atomic E-state index is 12.9. The zero-order chi connectivity index (χ0) is 19.4. The van der Waals surface area contributed by atoms with Crippen LogP contribution in [0.15, 0.2) is 42.6 Å². The van der Waals surface area contributed by atoms with Gasteiger partial charge in [0.1, 0.15) is 0 Å². The molecule has 1 amide bonds. The Kier molecular flexibility index (Phi) is 5.86. The Morgan fingerprint density at radius 2 is 1.96 bits per heavy atom. The molecule has 0 aliphatic carbocycles. The summed E-state index contributed by atoms with van der Waals surface area (Å²) in [5.74, 6) is -0.520. The molecule has 1 atom stereocenters. The van der Waals surface area contributed by atoms with Gasteiger partial charge in [-0.2, -0.15) is 13.2 Å². The number of alkyl halides is 3. The zero-order valence-electron chi connectivity index (χ0n) is 15.0. The molecule has 1 saturated heterocycles. The third kappa shape index (κ3) is 4.70. The number of hydrogen-bond donors (Lipinski definition) is 1. The van der Waals surface area contributed by atoms with E-state index < -0.39 is 17.6 Å². The number of halogens is 3. The molecule has 1 fully saturated rings. The van der Waals surface area contributed by atoms with E-state index in [4.69, 9.17) is 4.74 Å². The molecule has 5 nitrogen and oxygen atoms in total. The number of ether oxygens (including phenoxy) is 1. The highest BCUT2D eigenvalue weighted by atomic mass is 19.4. The first-order valence-electron chi connectivity index (χ1n) is 8.75. The summed E-state index contributed by atoms with van der Waals surface area (Å²) in [5.41, 5.74) is 0.195. The summed E-state index contributed by atoms with van der Waals surface area (Å²) in [7, 11) is 1.93. The largest absolute Gasteiger partial charge is 0.416 e. The standard InChI is InChI=1S/C19H22F3N3O2/c1-24-7-3-6-16(24)17(25-8-10-27-11-9-25)13-23-18(26)14-4-2-5-15(12-14)19(20,21)22/h2-7,12,17H,8-11,13H2,1H3,(H,23,26)/t17-/m0/s1.